The summed E-state index contributed by atoms with van der Waals surface area (Å²) in [4.78, 5) is 18.7. The second kappa shape index (κ2) is 7.62. The number of anilines is 1. The van der Waals surface area contributed by atoms with Gasteiger partial charge < -0.3 is 9.64 Å². The first kappa shape index (κ1) is 16.7. The topological polar surface area (TPSA) is 42.4 Å². The van der Waals surface area contributed by atoms with Gasteiger partial charge >= 0.3 is 5.97 Å². The molecule has 0 N–H and O–H groups in total. The molecule has 3 rings (SSSR count). The molecule has 126 valence electrons. The van der Waals surface area contributed by atoms with Crippen molar-refractivity contribution in [3.05, 3.63) is 59.0 Å². The number of aromatic nitrogens is 1. The third kappa shape index (κ3) is 3.85. The van der Waals surface area contributed by atoms with E-state index in [-0.39, 0.29) is 29.1 Å². The van der Waals surface area contributed by atoms with Crippen LogP contribution in [0.25, 0.3) is 0 Å². The number of halogens is 2. The predicted molar refractivity (Wildman–Crippen MR) is 90.4 cm³/mol. The van der Waals surface area contributed by atoms with Crippen LogP contribution in [0.4, 0.5) is 10.2 Å². The molecule has 1 aliphatic rings. The molecule has 1 fully saturated rings. The summed E-state index contributed by atoms with van der Waals surface area (Å²) < 4.78 is 19.0. The minimum Gasteiger partial charge on any atom is -0.460 e. The van der Waals surface area contributed by atoms with Crippen LogP contribution in [-0.4, -0.2) is 24.0 Å². The molecule has 6 heteroatoms. The van der Waals surface area contributed by atoms with Gasteiger partial charge in [0.15, 0.2) is 0 Å². The maximum absolute atomic E-state index is 13.7. The van der Waals surface area contributed by atoms with Crippen molar-refractivity contribution in [1.82, 2.24) is 4.98 Å². The standard InChI is InChI=1S/C18H18ClFN2O2/c19-15-6-3-7-16(20)14(15)12-24-18(23)13-5-4-10-22(11-13)17-8-1-2-9-21-17/h1-3,6-9,13H,4-5,10-12H2. The average molecular weight is 349 g/mol. The van der Waals surface area contributed by atoms with E-state index in [4.69, 9.17) is 16.3 Å². The van der Waals surface area contributed by atoms with Gasteiger partial charge in [-0.2, -0.15) is 0 Å². The van der Waals surface area contributed by atoms with Crippen LogP contribution in [0.15, 0.2) is 42.6 Å². The number of ether oxygens (including phenoxy) is 1. The minimum atomic E-state index is -0.464. The summed E-state index contributed by atoms with van der Waals surface area (Å²) in [6.45, 7) is 1.27. The summed E-state index contributed by atoms with van der Waals surface area (Å²) in [6, 6.07) is 10.1. The van der Waals surface area contributed by atoms with E-state index in [0.717, 1.165) is 25.2 Å². The Balaban J connectivity index is 1.61. The highest BCUT2D eigenvalue weighted by Crippen LogP contribution is 2.24. The molecule has 24 heavy (non-hydrogen) atoms. The zero-order valence-corrected chi connectivity index (χ0v) is 13.9. The van der Waals surface area contributed by atoms with Crippen LogP contribution < -0.4 is 4.90 Å². The van der Waals surface area contributed by atoms with Crippen molar-refractivity contribution in [2.75, 3.05) is 18.0 Å². The summed E-state index contributed by atoms with van der Waals surface area (Å²) >= 11 is 5.95. The number of piperidine rings is 1. The number of benzene rings is 1. The third-order valence-corrected chi connectivity index (χ3v) is 4.50. The van der Waals surface area contributed by atoms with Crippen LogP contribution in [0.3, 0.4) is 0 Å². The molecule has 4 nitrogen and oxygen atoms in total. The molecule has 0 bridgehead atoms. The Hall–Kier alpha value is -2.14. The molecule has 1 atom stereocenters. The summed E-state index contributed by atoms with van der Waals surface area (Å²) in [5.74, 6) is -0.178. The second-order valence-electron chi connectivity index (χ2n) is 5.78. The fraction of sp³-hybridized carbons (Fsp3) is 0.333. The van der Waals surface area contributed by atoms with Gasteiger partial charge in [0, 0.05) is 24.8 Å². The van der Waals surface area contributed by atoms with Gasteiger partial charge in [-0.1, -0.05) is 23.7 Å². The number of carbonyl (C=O) groups excluding carboxylic acids is 1. The number of esters is 1. The van der Waals surface area contributed by atoms with E-state index in [0.29, 0.717) is 6.54 Å². The average Bonchev–Trinajstić information content (AvgIpc) is 2.62. The molecule has 0 spiro atoms. The van der Waals surface area contributed by atoms with Crippen LogP contribution in [0.1, 0.15) is 18.4 Å². The van der Waals surface area contributed by atoms with E-state index in [1.165, 1.54) is 12.1 Å². The normalized spacial score (nSPS) is 17.6. The number of hydrogen-bond acceptors (Lipinski definition) is 4. The van der Waals surface area contributed by atoms with Crippen molar-refractivity contribution < 1.29 is 13.9 Å². The van der Waals surface area contributed by atoms with E-state index in [1.54, 1.807) is 12.3 Å². The Labute approximate surface area is 145 Å². The third-order valence-electron chi connectivity index (χ3n) is 4.15. The molecule has 1 unspecified atom stereocenters. The molecule has 2 heterocycles. The quantitative estimate of drug-likeness (QED) is 0.787. The van der Waals surface area contributed by atoms with Gasteiger partial charge in [-0.25, -0.2) is 9.37 Å². The Morgan fingerprint density at radius 3 is 2.96 bits per heavy atom. The van der Waals surface area contributed by atoms with Gasteiger partial charge in [-0.15, -0.1) is 0 Å². The summed E-state index contributed by atoms with van der Waals surface area (Å²) in [5, 5.41) is 0.265. The first-order chi connectivity index (χ1) is 11.6. The summed E-state index contributed by atoms with van der Waals surface area (Å²) in [5.41, 5.74) is 0.213. The molecule has 1 aromatic heterocycles. The summed E-state index contributed by atoms with van der Waals surface area (Å²) in [6.07, 6.45) is 3.38. The monoisotopic (exact) mass is 348 g/mol. The van der Waals surface area contributed by atoms with Crippen LogP contribution >= 0.6 is 11.6 Å². The Kier molecular flexibility index (Phi) is 5.30. The van der Waals surface area contributed by atoms with E-state index in [1.807, 2.05) is 18.2 Å². The number of carbonyl (C=O) groups is 1. The van der Waals surface area contributed by atoms with Crippen LogP contribution in [0.2, 0.25) is 5.02 Å². The zero-order valence-electron chi connectivity index (χ0n) is 13.1. The smallest absolute Gasteiger partial charge is 0.311 e. The van der Waals surface area contributed by atoms with Crippen molar-refractivity contribution in [2.45, 2.75) is 19.4 Å². The summed E-state index contributed by atoms with van der Waals surface area (Å²) in [7, 11) is 0. The van der Waals surface area contributed by atoms with E-state index >= 15 is 0 Å². The van der Waals surface area contributed by atoms with Crippen molar-refractivity contribution in [1.29, 1.82) is 0 Å². The molecular weight excluding hydrogens is 331 g/mol. The molecule has 0 aliphatic carbocycles. The SMILES string of the molecule is O=C(OCc1c(F)cccc1Cl)C1CCCN(c2ccccn2)C1. The first-order valence-electron chi connectivity index (χ1n) is 7.90. The highest BCUT2D eigenvalue weighted by atomic mass is 35.5. The van der Waals surface area contributed by atoms with Gasteiger partial charge in [0.1, 0.15) is 18.2 Å². The number of rotatable bonds is 4. The maximum atomic E-state index is 13.7. The lowest BCUT2D eigenvalue weighted by Crippen LogP contribution is -2.39. The van der Waals surface area contributed by atoms with E-state index in [9.17, 15) is 9.18 Å². The lowest BCUT2D eigenvalue weighted by atomic mass is 9.98. The van der Waals surface area contributed by atoms with E-state index < -0.39 is 5.82 Å². The highest BCUT2D eigenvalue weighted by molar-refractivity contribution is 6.31. The number of hydrogen-bond donors (Lipinski definition) is 0. The van der Waals surface area contributed by atoms with Gasteiger partial charge in [-0.05, 0) is 37.1 Å². The Morgan fingerprint density at radius 2 is 2.21 bits per heavy atom. The maximum Gasteiger partial charge on any atom is 0.311 e. The van der Waals surface area contributed by atoms with Gasteiger partial charge in [-0.3, -0.25) is 4.79 Å². The number of pyridine rings is 1. The molecule has 2 aromatic rings. The lowest BCUT2D eigenvalue weighted by molar-refractivity contribution is -0.150. The van der Waals surface area contributed by atoms with Crippen molar-refractivity contribution in [2.24, 2.45) is 5.92 Å². The zero-order chi connectivity index (χ0) is 16.9. The predicted octanol–water partition coefficient (Wildman–Crippen LogP) is 3.83. The molecule has 0 radical (unpaired) electrons. The number of nitrogens with zero attached hydrogens (tertiary/aromatic N) is 2. The fourth-order valence-electron chi connectivity index (χ4n) is 2.85. The van der Waals surface area contributed by atoms with Crippen molar-refractivity contribution in [3.8, 4) is 0 Å². The first-order valence-corrected chi connectivity index (χ1v) is 8.28. The van der Waals surface area contributed by atoms with Crippen LogP contribution in [0, 0.1) is 11.7 Å². The Morgan fingerprint density at radius 1 is 1.33 bits per heavy atom. The Bertz CT molecular complexity index is 691. The van der Waals surface area contributed by atoms with Crippen LogP contribution in [-0.2, 0) is 16.1 Å². The molecule has 0 amide bonds. The van der Waals surface area contributed by atoms with Gasteiger partial charge in [0.2, 0.25) is 0 Å². The molecule has 1 saturated heterocycles. The fourth-order valence-corrected chi connectivity index (χ4v) is 3.07. The van der Waals surface area contributed by atoms with Crippen molar-refractivity contribution in [3.63, 3.8) is 0 Å². The molecule has 1 aliphatic heterocycles. The van der Waals surface area contributed by atoms with Crippen molar-refractivity contribution >= 4 is 23.4 Å². The minimum absolute atomic E-state index is 0.148. The highest BCUT2D eigenvalue weighted by Gasteiger charge is 2.28. The molecular formula is C18H18ClFN2O2. The van der Waals surface area contributed by atoms with Gasteiger partial charge in [0.05, 0.1) is 10.9 Å². The molecule has 1 aromatic carbocycles. The molecule has 0 saturated carbocycles. The van der Waals surface area contributed by atoms with E-state index in [2.05, 4.69) is 9.88 Å². The van der Waals surface area contributed by atoms with Gasteiger partial charge in [0.25, 0.3) is 0 Å². The second-order valence-corrected chi connectivity index (χ2v) is 6.19. The lowest BCUT2D eigenvalue weighted by Gasteiger charge is -2.32. The van der Waals surface area contributed by atoms with Crippen LogP contribution in [0.5, 0.6) is 0 Å². The largest absolute Gasteiger partial charge is 0.460 e.